The summed E-state index contributed by atoms with van der Waals surface area (Å²) in [6.07, 6.45) is 0.686. The molecule has 1 unspecified atom stereocenters. The molecule has 0 saturated heterocycles. The summed E-state index contributed by atoms with van der Waals surface area (Å²) in [6, 6.07) is 17.5. The largest absolute Gasteiger partial charge is 0.396 e. The molecule has 0 spiro atoms. The molecule has 0 aliphatic carbocycles. The van der Waals surface area contributed by atoms with Crippen LogP contribution in [0, 0.1) is 5.92 Å². The van der Waals surface area contributed by atoms with Gasteiger partial charge in [-0.05, 0) is 36.6 Å². The number of para-hydroxylation sites is 2. The number of aliphatic hydroxyl groups is 1. The van der Waals surface area contributed by atoms with E-state index in [9.17, 15) is 4.79 Å². The van der Waals surface area contributed by atoms with Gasteiger partial charge in [0.1, 0.15) is 0 Å². The van der Waals surface area contributed by atoms with Crippen LogP contribution in [0.3, 0.4) is 0 Å². The molecule has 1 atom stereocenters. The molecule has 0 aliphatic rings. The van der Waals surface area contributed by atoms with Crippen LogP contribution in [0.1, 0.15) is 23.7 Å². The van der Waals surface area contributed by atoms with Crippen LogP contribution in [-0.4, -0.2) is 31.2 Å². The van der Waals surface area contributed by atoms with E-state index >= 15 is 0 Å². The predicted octanol–water partition coefficient (Wildman–Crippen LogP) is 3.20. The fourth-order valence-corrected chi connectivity index (χ4v) is 2.43. The Labute approximate surface area is 137 Å². The summed E-state index contributed by atoms with van der Waals surface area (Å²) in [5.74, 6) is 0.163. The summed E-state index contributed by atoms with van der Waals surface area (Å²) in [5.41, 5.74) is 2.54. The molecule has 0 heterocycles. The van der Waals surface area contributed by atoms with Gasteiger partial charge in [0.25, 0.3) is 5.91 Å². The van der Waals surface area contributed by atoms with Crippen LogP contribution in [0.25, 0.3) is 0 Å². The van der Waals surface area contributed by atoms with Gasteiger partial charge in [0.2, 0.25) is 0 Å². The zero-order chi connectivity index (χ0) is 16.7. The monoisotopic (exact) mass is 312 g/mol. The quantitative estimate of drug-likeness (QED) is 0.825. The standard InChI is InChI=1S/C19H24N2O2/c1-15(12-13-22)14-20-19(23)17-10-6-7-11-18(17)21(2)16-8-4-3-5-9-16/h3-11,15,22H,12-14H2,1-2H3,(H,20,23). The molecule has 0 radical (unpaired) electrons. The highest BCUT2D eigenvalue weighted by atomic mass is 16.3. The summed E-state index contributed by atoms with van der Waals surface area (Å²) < 4.78 is 0. The summed E-state index contributed by atoms with van der Waals surface area (Å²) in [6.45, 7) is 2.71. The second-order valence-corrected chi connectivity index (χ2v) is 5.74. The van der Waals surface area contributed by atoms with Crippen molar-refractivity contribution in [3.63, 3.8) is 0 Å². The van der Waals surface area contributed by atoms with Gasteiger partial charge < -0.3 is 15.3 Å². The molecule has 122 valence electrons. The van der Waals surface area contributed by atoms with Crippen molar-refractivity contribution in [3.8, 4) is 0 Å². The number of hydrogen-bond donors (Lipinski definition) is 2. The van der Waals surface area contributed by atoms with Gasteiger partial charge in [-0.25, -0.2) is 0 Å². The lowest BCUT2D eigenvalue weighted by Gasteiger charge is -2.22. The van der Waals surface area contributed by atoms with Crippen LogP contribution in [0.5, 0.6) is 0 Å². The molecule has 0 aromatic heterocycles. The molecule has 4 nitrogen and oxygen atoms in total. The number of benzene rings is 2. The van der Waals surface area contributed by atoms with Crippen LogP contribution in [0.2, 0.25) is 0 Å². The Kier molecular flexibility index (Phi) is 6.18. The molecule has 2 rings (SSSR count). The number of nitrogens with one attached hydrogen (secondary N) is 1. The first-order valence-corrected chi connectivity index (χ1v) is 7.90. The smallest absolute Gasteiger partial charge is 0.253 e. The molecule has 1 amide bonds. The highest BCUT2D eigenvalue weighted by molar-refractivity contribution is 6.00. The van der Waals surface area contributed by atoms with Crippen LogP contribution < -0.4 is 10.2 Å². The van der Waals surface area contributed by atoms with Gasteiger partial charge in [-0.15, -0.1) is 0 Å². The normalized spacial score (nSPS) is 11.8. The van der Waals surface area contributed by atoms with Crippen LogP contribution in [-0.2, 0) is 0 Å². The summed E-state index contributed by atoms with van der Waals surface area (Å²) in [5, 5.41) is 11.9. The van der Waals surface area contributed by atoms with Crippen LogP contribution in [0.15, 0.2) is 54.6 Å². The molecule has 0 aliphatic heterocycles. The van der Waals surface area contributed by atoms with Crippen molar-refractivity contribution < 1.29 is 9.90 Å². The third-order valence-electron chi connectivity index (χ3n) is 3.89. The van der Waals surface area contributed by atoms with E-state index in [0.29, 0.717) is 18.5 Å². The van der Waals surface area contributed by atoms with E-state index in [2.05, 4.69) is 5.32 Å². The lowest BCUT2D eigenvalue weighted by molar-refractivity contribution is 0.0946. The lowest BCUT2D eigenvalue weighted by Crippen LogP contribution is -2.30. The number of aliphatic hydroxyl groups excluding tert-OH is 1. The third kappa shape index (κ3) is 4.57. The van der Waals surface area contributed by atoms with E-state index < -0.39 is 0 Å². The van der Waals surface area contributed by atoms with Gasteiger partial charge in [-0.3, -0.25) is 4.79 Å². The number of anilines is 2. The number of carbonyl (C=O) groups excluding carboxylic acids is 1. The van der Waals surface area contributed by atoms with E-state index in [1.54, 1.807) is 0 Å². The summed E-state index contributed by atoms with van der Waals surface area (Å²) in [7, 11) is 1.95. The molecule has 0 bridgehead atoms. The van der Waals surface area contributed by atoms with Crippen LogP contribution in [0.4, 0.5) is 11.4 Å². The first-order valence-electron chi connectivity index (χ1n) is 7.90. The molecule has 0 fully saturated rings. The maximum absolute atomic E-state index is 12.5. The van der Waals surface area contributed by atoms with Crippen molar-refractivity contribution in [3.05, 3.63) is 60.2 Å². The number of amides is 1. The molecular weight excluding hydrogens is 288 g/mol. The summed E-state index contributed by atoms with van der Waals surface area (Å²) >= 11 is 0. The van der Waals surface area contributed by atoms with Gasteiger partial charge in [-0.1, -0.05) is 37.3 Å². The summed E-state index contributed by atoms with van der Waals surface area (Å²) in [4.78, 5) is 14.5. The Hall–Kier alpha value is -2.33. The van der Waals surface area contributed by atoms with Gasteiger partial charge in [0.05, 0.1) is 11.3 Å². The molecule has 4 heteroatoms. The first-order chi connectivity index (χ1) is 11.1. The minimum atomic E-state index is -0.0897. The van der Waals surface area contributed by atoms with Crippen molar-refractivity contribution in [1.29, 1.82) is 0 Å². The molecule has 0 saturated carbocycles. The van der Waals surface area contributed by atoms with Crippen molar-refractivity contribution in [1.82, 2.24) is 5.32 Å². The van der Waals surface area contributed by atoms with E-state index in [4.69, 9.17) is 5.11 Å². The van der Waals surface area contributed by atoms with E-state index in [1.165, 1.54) is 0 Å². The van der Waals surface area contributed by atoms with E-state index in [-0.39, 0.29) is 18.4 Å². The molecule has 23 heavy (non-hydrogen) atoms. The Morgan fingerprint density at radius 1 is 1.13 bits per heavy atom. The van der Waals surface area contributed by atoms with Crippen LogP contribution >= 0.6 is 0 Å². The maximum atomic E-state index is 12.5. The van der Waals surface area contributed by atoms with Gasteiger partial charge >= 0.3 is 0 Å². The maximum Gasteiger partial charge on any atom is 0.253 e. The molecule has 2 N–H and O–H groups in total. The van der Waals surface area contributed by atoms with E-state index in [1.807, 2.05) is 73.5 Å². The van der Waals surface area contributed by atoms with Gasteiger partial charge in [0, 0.05) is 25.9 Å². The molecular formula is C19H24N2O2. The average molecular weight is 312 g/mol. The fourth-order valence-electron chi connectivity index (χ4n) is 2.43. The number of hydrogen-bond acceptors (Lipinski definition) is 3. The minimum Gasteiger partial charge on any atom is -0.396 e. The SMILES string of the molecule is CC(CCO)CNC(=O)c1ccccc1N(C)c1ccccc1. The van der Waals surface area contributed by atoms with Gasteiger partial charge in [0.15, 0.2) is 0 Å². The van der Waals surface area contributed by atoms with Crippen molar-refractivity contribution in [2.75, 3.05) is 25.1 Å². The number of carbonyl (C=O) groups is 1. The van der Waals surface area contributed by atoms with Crippen molar-refractivity contribution >= 4 is 17.3 Å². The molecule has 2 aromatic rings. The Morgan fingerprint density at radius 2 is 1.78 bits per heavy atom. The van der Waals surface area contributed by atoms with Crippen molar-refractivity contribution in [2.45, 2.75) is 13.3 Å². The average Bonchev–Trinajstić information content (AvgIpc) is 2.60. The number of rotatable bonds is 7. The first kappa shape index (κ1) is 17.0. The molecule has 2 aromatic carbocycles. The topological polar surface area (TPSA) is 52.6 Å². The fraction of sp³-hybridized carbons (Fsp3) is 0.316. The number of nitrogens with zero attached hydrogens (tertiary/aromatic N) is 1. The zero-order valence-corrected chi connectivity index (χ0v) is 13.7. The Balaban J connectivity index is 2.15. The Morgan fingerprint density at radius 3 is 2.48 bits per heavy atom. The highest BCUT2D eigenvalue weighted by Crippen LogP contribution is 2.26. The minimum absolute atomic E-state index is 0.0897. The zero-order valence-electron chi connectivity index (χ0n) is 13.7. The highest BCUT2D eigenvalue weighted by Gasteiger charge is 2.15. The predicted molar refractivity (Wildman–Crippen MR) is 94.1 cm³/mol. The van der Waals surface area contributed by atoms with Crippen molar-refractivity contribution in [2.24, 2.45) is 5.92 Å². The second kappa shape index (κ2) is 8.34. The van der Waals surface area contributed by atoms with Gasteiger partial charge in [-0.2, -0.15) is 0 Å². The van der Waals surface area contributed by atoms with E-state index in [0.717, 1.165) is 11.4 Å². The lowest BCUT2D eigenvalue weighted by atomic mass is 10.1. The Bertz CT molecular complexity index is 628. The second-order valence-electron chi connectivity index (χ2n) is 5.74. The third-order valence-corrected chi connectivity index (χ3v) is 3.89.